The number of ether oxygens (including phenoxy) is 1. The van der Waals surface area contributed by atoms with Crippen molar-refractivity contribution in [3.8, 4) is 5.75 Å². The number of nitrogens with zero attached hydrogens (tertiary/aromatic N) is 2. The summed E-state index contributed by atoms with van der Waals surface area (Å²) in [7, 11) is -2.72. The Morgan fingerprint density at radius 3 is 2.23 bits per heavy atom. The van der Waals surface area contributed by atoms with Gasteiger partial charge in [-0.1, -0.05) is 66.6 Å². The molecule has 1 unspecified atom stereocenters. The summed E-state index contributed by atoms with van der Waals surface area (Å²) in [6, 6.07) is 19.2. The van der Waals surface area contributed by atoms with Crippen molar-refractivity contribution >= 4 is 39.1 Å². The zero-order chi connectivity index (χ0) is 28.6. The fraction of sp³-hybridized carbons (Fsp3) is 0.310. The minimum atomic E-state index is -4.17. The van der Waals surface area contributed by atoms with Gasteiger partial charge in [0.2, 0.25) is 11.8 Å². The molecule has 3 rings (SSSR count). The number of aryl methyl sites for hydroxylation is 1. The summed E-state index contributed by atoms with van der Waals surface area (Å²) in [5.74, 6) is -0.461. The van der Waals surface area contributed by atoms with Crippen molar-refractivity contribution in [1.82, 2.24) is 10.2 Å². The molecule has 3 aromatic rings. The van der Waals surface area contributed by atoms with E-state index in [0.717, 1.165) is 15.4 Å². The van der Waals surface area contributed by atoms with Gasteiger partial charge in [-0.2, -0.15) is 0 Å². The smallest absolute Gasteiger partial charge is 0.264 e. The molecule has 2 amide bonds. The number of amides is 2. The van der Waals surface area contributed by atoms with Crippen molar-refractivity contribution < 1.29 is 22.7 Å². The Labute approximate surface area is 235 Å². The number of benzene rings is 3. The highest BCUT2D eigenvalue weighted by Gasteiger charge is 2.33. The molecular weight excluding hydrogens is 538 g/mol. The lowest BCUT2D eigenvalue weighted by molar-refractivity contribution is -0.140. The van der Waals surface area contributed by atoms with Crippen molar-refractivity contribution in [1.29, 1.82) is 0 Å². The van der Waals surface area contributed by atoms with E-state index in [9.17, 15) is 18.0 Å². The molecule has 0 saturated heterocycles. The predicted molar refractivity (Wildman–Crippen MR) is 153 cm³/mol. The highest BCUT2D eigenvalue weighted by molar-refractivity contribution is 7.92. The Bertz CT molecular complexity index is 1380. The number of carbonyl (C=O) groups excluding carboxylic acids is 2. The standard InChI is InChI=1S/C29H34ClN3O5S/c1-5-26(29(35)31-6-2)32(19-22-14-12-21(3)13-15-22)28(34)20-33(23-16-17-27(38-4)25(30)18-23)39(36,37)24-10-8-7-9-11-24/h7-18,26H,5-6,19-20H2,1-4H3,(H,31,35). The van der Waals surface area contributed by atoms with E-state index in [0.29, 0.717) is 18.7 Å². The van der Waals surface area contributed by atoms with Crippen LogP contribution in [0.2, 0.25) is 5.02 Å². The second-order valence-electron chi connectivity index (χ2n) is 8.97. The minimum Gasteiger partial charge on any atom is -0.495 e. The van der Waals surface area contributed by atoms with Gasteiger partial charge in [0.1, 0.15) is 18.3 Å². The average Bonchev–Trinajstić information content (AvgIpc) is 2.93. The van der Waals surface area contributed by atoms with Crippen molar-refractivity contribution in [3.05, 3.63) is 88.9 Å². The summed E-state index contributed by atoms with van der Waals surface area (Å²) < 4.78 is 33.9. The summed E-state index contributed by atoms with van der Waals surface area (Å²) in [6.07, 6.45) is 0.350. The molecule has 0 radical (unpaired) electrons. The lowest BCUT2D eigenvalue weighted by Gasteiger charge is -2.33. The van der Waals surface area contributed by atoms with Gasteiger partial charge in [0.15, 0.2) is 0 Å². The van der Waals surface area contributed by atoms with Crippen LogP contribution in [0.4, 0.5) is 5.69 Å². The van der Waals surface area contributed by atoms with Gasteiger partial charge in [0.25, 0.3) is 10.0 Å². The van der Waals surface area contributed by atoms with Gasteiger partial charge in [-0.3, -0.25) is 13.9 Å². The van der Waals surface area contributed by atoms with Crippen LogP contribution in [0.1, 0.15) is 31.4 Å². The number of hydrogen-bond acceptors (Lipinski definition) is 5. The van der Waals surface area contributed by atoms with Crippen LogP contribution >= 0.6 is 11.6 Å². The molecule has 0 fully saturated rings. The number of anilines is 1. The van der Waals surface area contributed by atoms with E-state index in [1.165, 1.54) is 36.3 Å². The molecule has 208 valence electrons. The zero-order valence-electron chi connectivity index (χ0n) is 22.6. The zero-order valence-corrected chi connectivity index (χ0v) is 24.1. The van der Waals surface area contributed by atoms with E-state index in [1.54, 1.807) is 31.2 Å². The number of methoxy groups -OCH3 is 1. The SMILES string of the molecule is CCNC(=O)C(CC)N(Cc1ccc(C)cc1)C(=O)CN(c1ccc(OC)c(Cl)c1)S(=O)(=O)c1ccccc1. The van der Waals surface area contributed by atoms with Crippen LogP contribution in [0, 0.1) is 6.92 Å². The maximum Gasteiger partial charge on any atom is 0.264 e. The Morgan fingerprint density at radius 1 is 1.00 bits per heavy atom. The highest BCUT2D eigenvalue weighted by Crippen LogP contribution is 2.32. The molecule has 0 saturated carbocycles. The number of sulfonamides is 1. The van der Waals surface area contributed by atoms with Crippen LogP contribution in [-0.2, 0) is 26.2 Å². The molecule has 0 aromatic heterocycles. The molecule has 0 aliphatic carbocycles. The summed E-state index contributed by atoms with van der Waals surface area (Å²) in [4.78, 5) is 28.4. The quantitative estimate of drug-likeness (QED) is 0.337. The fourth-order valence-corrected chi connectivity index (χ4v) is 5.84. The first-order chi connectivity index (χ1) is 18.6. The van der Waals surface area contributed by atoms with Crippen LogP contribution in [0.25, 0.3) is 0 Å². The van der Waals surface area contributed by atoms with Crippen molar-refractivity contribution in [3.63, 3.8) is 0 Å². The topological polar surface area (TPSA) is 96.0 Å². The molecule has 0 bridgehead atoms. The van der Waals surface area contributed by atoms with E-state index in [4.69, 9.17) is 16.3 Å². The molecule has 0 spiro atoms. The maximum absolute atomic E-state index is 14.0. The lowest BCUT2D eigenvalue weighted by Crippen LogP contribution is -2.52. The molecule has 1 atom stereocenters. The molecule has 0 heterocycles. The molecular formula is C29H34ClN3O5S. The summed E-state index contributed by atoms with van der Waals surface area (Å²) in [5.41, 5.74) is 2.07. The largest absolute Gasteiger partial charge is 0.495 e. The van der Waals surface area contributed by atoms with Gasteiger partial charge in [0.05, 0.1) is 22.7 Å². The lowest BCUT2D eigenvalue weighted by atomic mass is 10.1. The minimum absolute atomic E-state index is 0.0191. The van der Waals surface area contributed by atoms with Gasteiger partial charge in [-0.15, -0.1) is 0 Å². The van der Waals surface area contributed by atoms with Gasteiger partial charge in [-0.25, -0.2) is 8.42 Å². The predicted octanol–water partition coefficient (Wildman–Crippen LogP) is 4.80. The first-order valence-electron chi connectivity index (χ1n) is 12.7. The molecule has 10 heteroatoms. The Hall–Kier alpha value is -3.56. The first-order valence-corrected chi connectivity index (χ1v) is 14.5. The van der Waals surface area contributed by atoms with Crippen LogP contribution in [-0.4, -0.2) is 51.4 Å². The molecule has 39 heavy (non-hydrogen) atoms. The number of carbonyl (C=O) groups is 2. The fourth-order valence-electron chi connectivity index (χ4n) is 4.16. The number of hydrogen-bond donors (Lipinski definition) is 1. The van der Waals surface area contributed by atoms with Crippen LogP contribution in [0.5, 0.6) is 5.75 Å². The third-order valence-electron chi connectivity index (χ3n) is 6.24. The highest BCUT2D eigenvalue weighted by atomic mass is 35.5. The monoisotopic (exact) mass is 571 g/mol. The van der Waals surface area contributed by atoms with Crippen LogP contribution < -0.4 is 14.4 Å². The van der Waals surface area contributed by atoms with E-state index in [-0.39, 0.29) is 28.1 Å². The summed E-state index contributed by atoms with van der Waals surface area (Å²) >= 11 is 6.34. The maximum atomic E-state index is 14.0. The van der Waals surface area contributed by atoms with Crippen LogP contribution in [0.3, 0.4) is 0 Å². The van der Waals surface area contributed by atoms with Gasteiger partial charge >= 0.3 is 0 Å². The normalized spacial score (nSPS) is 11.9. The summed E-state index contributed by atoms with van der Waals surface area (Å²) in [6.45, 7) is 5.58. The first kappa shape index (κ1) is 30.0. The molecule has 0 aliphatic rings. The van der Waals surface area contributed by atoms with E-state index in [2.05, 4.69) is 5.32 Å². The van der Waals surface area contributed by atoms with Crippen molar-refractivity contribution in [2.45, 2.75) is 44.7 Å². The van der Waals surface area contributed by atoms with Gasteiger partial charge in [-0.05, 0) is 56.2 Å². The van der Waals surface area contributed by atoms with E-state index < -0.39 is 28.5 Å². The molecule has 8 nitrogen and oxygen atoms in total. The average molecular weight is 572 g/mol. The third kappa shape index (κ3) is 7.30. The number of rotatable bonds is 12. The Morgan fingerprint density at radius 2 is 1.67 bits per heavy atom. The Balaban J connectivity index is 2.07. The van der Waals surface area contributed by atoms with Crippen molar-refractivity contribution in [2.24, 2.45) is 0 Å². The number of nitrogens with one attached hydrogen (secondary N) is 1. The second-order valence-corrected chi connectivity index (χ2v) is 11.2. The van der Waals surface area contributed by atoms with Crippen molar-refractivity contribution in [2.75, 3.05) is 24.5 Å². The third-order valence-corrected chi connectivity index (χ3v) is 8.33. The Kier molecular flexibility index (Phi) is 10.4. The number of halogens is 1. The van der Waals surface area contributed by atoms with Gasteiger partial charge < -0.3 is 15.0 Å². The van der Waals surface area contributed by atoms with E-state index >= 15 is 0 Å². The molecule has 1 N–H and O–H groups in total. The summed E-state index contributed by atoms with van der Waals surface area (Å²) in [5, 5.41) is 2.99. The number of likely N-dealkylation sites (N-methyl/N-ethyl adjacent to an activating group) is 1. The van der Waals surface area contributed by atoms with Gasteiger partial charge in [0, 0.05) is 13.1 Å². The molecule has 3 aromatic carbocycles. The van der Waals surface area contributed by atoms with E-state index in [1.807, 2.05) is 38.1 Å². The second kappa shape index (κ2) is 13.5. The molecule has 0 aliphatic heterocycles. The van der Waals surface area contributed by atoms with Crippen LogP contribution in [0.15, 0.2) is 77.7 Å².